The van der Waals surface area contributed by atoms with E-state index in [9.17, 15) is 18.8 Å². The van der Waals surface area contributed by atoms with Crippen molar-refractivity contribution >= 4 is 17.8 Å². The quantitative estimate of drug-likeness (QED) is 0.590. The van der Waals surface area contributed by atoms with E-state index < -0.39 is 5.82 Å². The first-order chi connectivity index (χ1) is 16.9. The summed E-state index contributed by atoms with van der Waals surface area (Å²) in [5, 5.41) is 0. The summed E-state index contributed by atoms with van der Waals surface area (Å²) in [6.45, 7) is 5.38. The van der Waals surface area contributed by atoms with Crippen molar-refractivity contribution in [2.45, 2.75) is 45.6 Å². The van der Waals surface area contributed by atoms with Gasteiger partial charge in [0.15, 0.2) is 0 Å². The van der Waals surface area contributed by atoms with Crippen molar-refractivity contribution in [2.24, 2.45) is 11.8 Å². The van der Waals surface area contributed by atoms with Gasteiger partial charge in [-0.15, -0.1) is 0 Å². The second-order valence-corrected chi connectivity index (χ2v) is 9.54. The number of amides is 2. The number of hydrogen-bond acceptors (Lipinski definition) is 4. The Morgan fingerprint density at radius 2 is 1.77 bits per heavy atom. The zero-order valence-electron chi connectivity index (χ0n) is 20.4. The van der Waals surface area contributed by atoms with Gasteiger partial charge in [0.25, 0.3) is 5.91 Å². The van der Waals surface area contributed by atoms with E-state index in [4.69, 9.17) is 4.74 Å². The summed E-state index contributed by atoms with van der Waals surface area (Å²) in [7, 11) is 0. The van der Waals surface area contributed by atoms with E-state index in [1.807, 2.05) is 25.1 Å². The molecule has 186 valence electrons. The van der Waals surface area contributed by atoms with Crippen LogP contribution in [-0.4, -0.2) is 53.8 Å². The molecule has 0 aromatic heterocycles. The van der Waals surface area contributed by atoms with Crippen molar-refractivity contribution in [3.8, 4) is 0 Å². The maximum atomic E-state index is 13.6. The molecule has 2 aliphatic rings. The minimum absolute atomic E-state index is 0.0152. The minimum atomic E-state index is -0.398. The second-order valence-electron chi connectivity index (χ2n) is 9.54. The van der Waals surface area contributed by atoms with Crippen molar-refractivity contribution in [3.05, 3.63) is 71.0 Å². The molecule has 0 spiro atoms. The molecule has 2 aromatic carbocycles. The molecule has 3 atom stereocenters. The SMILES string of the molecule is CCOC(=O)[C@@H]1CCCN(C(=O)[C@H]2CC[C@@H](c3cccc(C)c3)N(C(=O)c3ccc(F)cc3)C2)C1. The highest BCUT2D eigenvalue weighted by molar-refractivity contribution is 5.95. The zero-order valence-corrected chi connectivity index (χ0v) is 20.4. The fourth-order valence-electron chi connectivity index (χ4n) is 5.27. The number of esters is 1. The molecule has 2 saturated heterocycles. The summed E-state index contributed by atoms with van der Waals surface area (Å²) >= 11 is 0. The number of aryl methyl sites for hydroxylation is 1. The lowest BCUT2D eigenvalue weighted by Gasteiger charge is -2.42. The van der Waals surface area contributed by atoms with E-state index >= 15 is 0 Å². The normalized spacial score (nSPS) is 22.5. The fraction of sp³-hybridized carbons (Fsp3) is 0.464. The predicted octanol–water partition coefficient (Wildman–Crippen LogP) is 4.53. The van der Waals surface area contributed by atoms with Crippen LogP contribution in [0.4, 0.5) is 4.39 Å². The lowest BCUT2D eigenvalue weighted by Crippen LogP contribution is -2.50. The number of likely N-dealkylation sites (tertiary alicyclic amines) is 2. The molecule has 0 unspecified atom stereocenters. The Morgan fingerprint density at radius 1 is 1.00 bits per heavy atom. The Labute approximate surface area is 206 Å². The average Bonchev–Trinajstić information content (AvgIpc) is 2.88. The van der Waals surface area contributed by atoms with E-state index in [1.165, 1.54) is 24.3 Å². The molecule has 2 aromatic rings. The van der Waals surface area contributed by atoms with Gasteiger partial charge in [-0.3, -0.25) is 14.4 Å². The first kappa shape index (κ1) is 24.9. The van der Waals surface area contributed by atoms with Gasteiger partial charge < -0.3 is 14.5 Å². The molecule has 0 N–H and O–H groups in total. The zero-order chi connectivity index (χ0) is 24.9. The van der Waals surface area contributed by atoms with Crippen LogP contribution in [0, 0.1) is 24.6 Å². The number of ether oxygens (including phenoxy) is 1. The Hall–Kier alpha value is -3.22. The number of piperidine rings is 2. The van der Waals surface area contributed by atoms with Crippen LogP contribution in [-0.2, 0) is 14.3 Å². The predicted molar refractivity (Wildman–Crippen MR) is 130 cm³/mol. The molecular formula is C28H33FN2O4. The summed E-state index contributed by atoms with van der Waals surface area (Å²) < 4.78 is 18.7. The molecule has 0 radical (unpaired) electrons. The summed E-state index contributed by atoms with van der Waals surface area (Å²) in [6.07, 6.45) is 2.79. The largest absolute Gasteiger partial charge is 0.466 e. The van der Waals surface area contributed by atoms with Crippen molar-refractivity contribution in [1.29, 1.82) is 0 Å². The standard InChI is InChI=1S/C28H33FN2O4/c1-3-35-28(34)23-8-5-15-30(17-23)26(32)22-11-14-25(21-7-4-6-19(2)16-21)31(18-22)27(33)20-9-12-24(29)13-10-20/h4,6-7,9-10,12-13,16,22-23,25H,3,5,8,11,14-15,17-18H2,1-2H3/t22-,23+,25-/m0/s1. The van der Waals surface area contributed by atoms with Crippen LogP contribution in [0.1, 0.15) is 60.1 Å². The fourth-order valence-corrected chi connectivity index (χ4v) is 5.27. The van der Waals surface area contributed by atoms with Gasteiger partial charge in [-0.25, -0.2) is 4.39 Å². The molecule has 0 bridgehead atoms. The molecule has 2 amide bonds. The third-order valence-corrected chi connectivity index (χ3v) is 7.06. The maximum Gasteiger partial charge on any atom is 0.310 e. The minimum Gasteiger partial charge on any atom is -0.466 e. The van der Waals surface area contributed by atoms with Gasteiger partial charge in [0.05, 0.1) is 24.5 Å². The van der Waals surface area contributed by atoms with Crippen LogP contribution >= 0.6 is 0 Å². The first-order valence-electron chi connectivity index (χ1n) is 12.5. The molecule has 4 rings (SSSR count). The highest BCUT2D eigenvalue weighted by Crippen LogP contribution is 2.36. The highest BCUT2D eigenvalue weighted by Gasteiger charge is 2.39. The van der Waals surface area contributed by atoms with Crippen molar-refractivity contribution in [1.82, 2.24) is 9.80 Å². The van der Waals surface area contributed by atoms with Gasteiger partial charge in [-0.1, -0.05) is 29.8 Å². The van der Waals surface area contributed by atoms with E-state index in [0.29, 0.717) is 38.1 Å². The summed E-state index contributed by atoms with van der Waals surface area (Å²) in [5.74, 6) is -1.52. The van der Waals surface area contributed by atoms with Crippen LogP contribution < -0.4 is 0 Å². The summed E-state index contributed by atoms with van der Waals surface area (Å²) in [5.41, 5.74) is 2.54. The van der Waals surface area contributed by atoms with E-state index in [1.54, 1.807) is 16.7 Å². The molecular weight excluding hydrogens is 447 g/mol. The van der Waals surface area contributed by atoms with Gasteiger partial charge in [0.2, 0.25) is 5.91 Å². The maximum absolute atomic E-state index is 13.6. The van der Waals surface area contributed by atoms with Crippen molar-refractivity contribution < 1.29 is 23.5 Å². The topological polar surface area (TPSA) is 66.9 Å². The Balaban J connectivity index is 1.55. The number of benzene rings is 2. The van der Waals surface area contributed by atoms with Crippen LogP contribution in [0.3, 0.4) is 0 Å². The molecule has 7 heteroatoms. The molecule has 0 saturated carbocycles. The number of nitrogens with zero attached hydrogens (tertiary/aromatic N) is 2. The number of hydrogen-bond donors (Lipinski definition) is 0. The van der Waals surface area contributed by atoms with E-state index in [0.717, 1.165) is 24.0 Å². The molecule has 0 aliphatic carbocycles. The summed E-state index contributed by atoms with van der Waals surface area (Å²) in [6, 6.07) is 13.5. The third-order valence-electron chi connectivity index (χ3n) is 7.06. The summed E-state index contributed by atoms with van der Waals surface area (Å²) in [4.78, 5) is 42.9. The molecule has 2 aliphatic heterocycles. The Bertz CT molecular complexity index is 1070. The number of rotatable bonds is 5. The number of carbonyl (C=O) groups excluding carboxylic acids is 3. The lowest BCUT2D eigenvalue weighted by molar-refractivity contribution is -0.152. The highest BCUT2D eigenvalue weighted by atomic mass is 19.1. The molecule has 2 heterocycles. The van der Waals surface area contributed by atoms with Gasteiger partial charge in [0, 0.05) is 25.2 Å². The van der Waals surface area contributed by atoms with Crippen molar-refractivity contribution in [2.75, 3.05) is 26.2 Å². The monoisotopic (exact) mass is 480 g/mol. The van der Waals surface area contributed by atoms with Crippen LogP contribution in [0.2, 0.25) is 0 Å². The van der Waals surface area contributed by atoms with Gasteiger partial charge in [-0.05, 0) is 69.4 Å². The van der Waals surface area contributed by atoms with Crippen LogP contribution in [0.5, 0.6) is 0 Å². The van der Waals surface area contributed by atoms with E-state index in [2.05, 4.69) is 6.07 Å². The van der Waals surface area contributed by atoms with Gasteiger partial charge >= 0.3 is 5.97 Å². The van der Waals surface area contributed by atoms with E-state index in [-0.39, 0.29) is 42.2 Å². The Kier molecular flexibility index (Phi) is 7.83. The molecule has 2 fully saturated rings. The first-order valence-corrected chi connectivity index (χ1v) is 12.5. The smallest absolute Gasteiger partial charge is 0.310 e. The number of halogens is 1. The van der Waals surface area contributed by atoms with Crippen molar-refractivity contribution in [3.63, 3.8) is 0 Å². The van der Waals surface area contributed by atoms with Crippen LogP contribution in [0.15, 0.2) is 48.5 Å². The molecule has 6 nitrogen and oxygen atoms in total. The number of carbonyl (C=O) groups is 3. The van der Waals surface area contributed by atoms with Gasteiger partial charge in [0.1, 0.15) is 5.82 Å². The molecule has 35 heavy (non-hydrogen) atoms. The third kappa shape index (κ3) is 5.72. The average molecular weight is 481 g/mol. The lowest BCUT2D eigenvalue weighted by atomic mass is 9.86. The second kappa shape index (κ2) is 11.0. The van der Waals surface area contributed by atoms with Crippen LogP contribution in [0.25, 0.3) is 0 Å². The van der Waals surface area contributed by atoms with Gasteiger partial charge in [-0.2, -0.15) is 0 Å². The Morgan fingerprint density at radius 3 is 2.49 bits per heavy atom.